The molecule has 1 amide bonds. The average molecular weight is 315 g/mol. The Morgan fingerprint density at radius 1 is 1.29 bits per heavy atom. The number of nitrogens with zero attached hydrogens (tertiary/aromatic N) is 3. The number of rotatable bonds is 3. The van der Waals surface area contributed by atoms with E-state index in [1.165, 1.54) is 22.7 Å². The van der Waals surface area contributed by atoms with E-state index in [0.717, 1.165) is 10.4 Å². The Morgan fingerprint density at radius 3 is 2.52 bits per heavy atom. The van der Waals surface area contributed by atoms with Crippen molar-refractivity contribution in [3.05, 3.63) is 18.0 Å². The predicted molar refractivity (Wildman–Crippen MR) is 73.4 cm³/mol. The first-order chi connectivity index (χ1) is 9.73. The van der Waals surface area contributed by atoms with E-state index < -0.39 is 16.0 Å². The standard InChI is InChI=1S/C12H17N3O5S/c1-13-4-3-5-15(8-11(13)16)21(19,20)9-6-10(12(17)18)14(2)7-9/h6-7H,3-5,8H2,1-2H3,(H,17,18). The van der Waals surface area contributed by atoms with E-state index in [0.29, 0.717) is 13.0 Å². The number of carbonyl (C=O) groups is 2. The maximum atomic E-state index is 12.5. The van der Waals surface area contributed by atoms with Crippen LogP contribution in [0, 0.1) is 0 Å². The lowest BCUT2D eigenvalue weighted by molar-refractivity contribution is -0.129. The SMILES string of the molecule is CN1CCCN(S(=O)(=O)c2cc(C(=O)O)n(C)c2)CC1=O. The Bertz CT molecular complexity index is 679. The minimum absolute atomic E-state index is 0.111. The van der Waals surface area contributed by atoms with Gasteiger partial charge >= 0.3 is 5.97 Å². The molecule has 0 bridgehead atoms. The van der Waals surface area contributed by atoms with Gasteiger partial charge in [0.25, 0.3) is 0 Å². The number of aromatic carboxylic acids is 1. The van der Waals surface area contributed by atoms with Gasteiger partial charge in [0, 0.05) is 33.4 Å². The van der Waals surface area contributed by atoms with E-state index in [2.05, 4.69) is 0 Å². The second-order valence-electron chi connectivity index (χ2n) is 4.98. The summed E-state index contributed by atoms with van der Waals surface area (Å²) in [7, 11) is -0.785. The summed E-state index contributed by atoms with van der Waals surface area (Å²) < 4.78 is 27.4. The average Bonchev–Trinajstić information content (AvgIpc) is 2.71. The third-order valence-electron chi connectivity index (χ3n) is 3.48. The van der Waals surface area contributed by atoms with Crippen molar-refractivity contribution in [2.75, 3.05) is 26.7 Å². The predicted octanol–water partition coefficient (Wildman–Crippen LogP) is -0.424. The number of amides is 1. The number of aryl methyl sites for hydroxylation is 1. The van der Waals surface area contributed by atoms with Crippen LogP contribution in [0.2, 0.25) is 0 Å². The van der Waals surface area contributed by atoms with E-state index in [-0.39, 0.29) is 29.6 Å². The van der Waals surface area contributed by atoms with E-state index in [9.17, 15) is 18.0 Å². The molecule has 2 heterocycles. The van der Waals surface area contributed by atoms with Crippen molar-refractivity contribution in [3.8, 4) is 0 Å². The van der Waals surface area contributed by atoms with E-state index in [1.807, 2.05) is 0 Å². The summed E-state index contributed by atoms with van der Waals surface area (Å²) >= 11 is 0. The first-order valence-electron chi connectivity index (χ1n) is 6.37. The van der Waals surface area contributed by atoms with Crippen LogP contribution in [0.5, 0.6) is 0 Å². The topological polar surface area (TPSA) is 99.9 Å². The van der Waals surface area contributed by atoms with Gasteiger partial charge in [-0.05, 0) is 12.5 Å². The molecule has 0 atom stereocenters. The lowest BCUT2D eigenvalue weighted by atomic mass is 10.4. The quantitative estimate of drug-likeness (QED) is 0.816. The van der Waals surface area contributed by atoms with Crippen LogP contribution in [0.25, 0.3) is 0 Å². The van der Waals surface area contributed by atoms with Crippen LogP contribution < -0.4 is 0 Å². The number of hydrogen-bond acceptors (Lipinski definition) is 4. The molecule has 8 nitrogen and oxygen atoms in total. The van der Waals surface area contributed by atoms with E-state index in [4.69, 9.17) is 5.11 Å². The van der Waals surface area contributed by atoms with E-state index >= 15 is 0 Å². The summed E-state index contributed by atoms with van der Waals surface area (Å²) in [5, 5.41) is 8.99. The summed E-state index contributed by atoms with van der Waals surface area (Å²) in [4.78, 5) is 24.2. The monoisotopic (exact) mass is 315 g/mol. The molecular formula is C12H17N3O5S. The van der Waals surface area contributed by atoms with Crippen molar-refractivity contribution in [2.24, 2.45) is 7.05 Å². The van der Waals surface area contributed by atoms with Crippen molar-refractivity contribution in [1.82, 2.24) is 13.8 Å². The van der Waals surface area contributed by atoms with Gasteiger partial charge in [-0.25, -0.2) is 13.2 Å². The molecule has 1 aliphatic heterocycles. The molecule has 0 aliphatic carbocycles. The summed E-state index contributed by atoms with van der Waals surface area (Å²) in [6.07, 6.45) is 1.79. The van der Waals surface area contributed by atoms with Gasteiger partial charge < -0.3 is 14.6 Å². The summed E-state index contributed by atoms with van der Waals surface area (Å²) in [6.45, 7) is 0.506. The van der Waals surface area contributed by atoms with Crippen LogP contribution in [-0.2, 0) is 21.9 Å². The third kappa shape index (κ3) is 2.93. The third-order valence-corrected chi connectivity index (χ3v) is 5.29. The highest BCUT2D eigenvalue weighted by Gasteiger charge is 2.31. The zero-order valence-electron chi connectivity index (χ0n) is 11.8. The molecule has 1 aromatic rings. The van der Waals surface area contributed by atoms with Gasteiger partial charge in [0.15, 0.2) is 0 Å². The first-order valence-corrected chi connectivity index (χ1v) is 7.81. The zero-order valence-corrected chi connectivity index (χ0v) is 12.6. The molecule has 0 saturated carbocycles. The highest BCUT2D eigenvalue weighted by Crippen LogP contribution is 2.20. The van der Waals surface area contributed by atoms with Gasteiger partial charge in [-0.15, -0.1) is 0 Å². The molecule has 1 N–H and O–H groups in total. The van der Waals surface area contributed by atoms with Crippen molar-refractivity contribution in [3.63, 3.8) is 0 Å². The molecule has 0 spiro atoms. The number of carbonyl (C=O) groups excluding carboxylic acids is 1. The van der Waals surface area contributed by atoms with Crippen molar-refractivity contribution < 1.29 is 23.1 Å². The number of carboxylic acid groups (broad SMARTS) is 1. The second-order valence-corrected chi connectivity index (χ2v) is 6.92. The number of sulfonamides is 1. The lowest BCUT2D eigenvalue weighted by Gasteiger charge is -2.18. The van der Waals surface area contributed by atoms with Crippen LogP contribution in [0.15, 0.2) is 17.2 Å². The van der Waals surface area contributed by atoms with Gasteiger partial charge in [0.05, 0.1) is 6.54 Å². The fourth-order valence-electron chi connectivity index (χ4n) is 2.20. The molecule has 1 saturated heterocycles. The van der Waals surface area contributed by atoms with Crippen LogP contribution in [0.4, 0.5) is 0 Å². The molecule has 0 radical (unpaired) electrons. The molecule has 0 unspecified atom stereocenters. The van der Waals surface area contributed by atoms with Crippen LogP contribution >= 0.6 is 0 Å². The van der Waals surface area contributed by atoms with Crippen molar-refractivity contribution in [1.29, 1.82) is 0 Å². The maximum absolute atomic E-state index is 12.5. The number of likely N-dealkylation sites (N-methyl/N-ethyl adjacent to an activating group) is 1. The molecule has 21 heavy (non-hydrogen) atoms. The number of carboxylic acids is 1. The zero-order chi connectivity index (χ0) is 15.8. The summed E-state index contributed by atoms with van der Waals surface area (Å²) in [5.41, 5.74) is -0.119. The summed E-state index contributed by atoms with van der Waals surface area (Å²) in [5.74, 6) is -1.48. The Balaban J connectivity index is 2.35. The molecule has 1 aliphatic rings. The first kappa shape index (κ1) is 15.5. The molecule has 116 valence electrons. The highest BCUT2D eigenvalue weighted by atomic mass is 32.2. The van der Waals surface area contributed by atoms with Gasteiger partial charge in [-0.3, -0.25) is 4.79 Å². The van der Waals surface area contributed by atoms with Crippen LogP contribution in [-0.4, -0.2) is 65.9 Å². The van der Waals surface area contributed by atoms with Gasteiger partial charge in [-0.1, -0.05) is 0 Å². The molecule has 1 fully saturated rings. The Kier molecular flexibility index (Phi) is 4.06. The second kappa shape index (κ2) is 5.49. The molecular weight excluding hydrogens is 298 g/mol. The normalized spacial score (nSPS) is 17.8. The lowest BCUT2D eigenvalue weighted by Crippen LogP contribution is -2.37. The Hall–Kier alpha value is -1.87. The van der Waals surface area contributed by atoms with E-state index in [1.54, 1.807) is 7.05 Å². The Morgan fingerprint density at radius 2 is 1.95 bits per heavy atom. The number of hydrogen-bond donors (Lipinski definition) is 1. The summed E-state index contributed by atoms with van der Waals surface area (Å²) in [6, 6.07) is 1.11. The maximum Gasteiger partial charge on any atom is 0.352 e. The minimum atomic E-state index is -3.88. The smallest absolute Gasteiger partial charge is 0.352 e. The largest absolute Gasteiger partial charge is 0.477 e. The minimum Gasteiger partial charge on any atom is -0.477 e. The van der Waals surface area contributed by atoms with Gasteiger partial charge in [-0.2, -0.15) is 4.31 Å². The molecule has 1 aromatic heterocycles. The van der Waals surface area contributed by atoms with Crippen LogP contribution in [0.3, 0.4) is 0 Å². The molecule has 0 aromatic carbocycles. The number of aromatic nitrogens is 1. The molecule has 9 heteroatoms. The van der Waals surface area contributed by atoms with Gasteiger partial charge in [0.1, 0.15) is 10.6 Å². The van der Waals surface area contributed by atoms with Crippen LogP contribution in [0.1, 0.15) is 16.9 Å². The fourth-order valence-corrected chi connectivity index (χ4v) is 3.70. The van der Waals surface area contributed by atoms with Crippen molar-refractivity contribution in [2.45, 2.75) is 11.3 Å². The fraction of sp³-hybridized carbons (Fsp3) is 0.500. The van der Waals surface area contributed by atoms with Gasteiger partial charge in [0.2, 0.25) is 15.9 Å². The highest BCUT2D eigenvalue weighted by molar-refractivity contribution is 7.89. The Labute approximate surface area is 122 Å². The van der Waals surface area contributed by atoms with Crippen molar-refractivity contribution >= 4 is 21.9 Å². The molecule has 2 rings (SSSR count).